The van der Waals surface area contributed by atoms with Crippen LogP contribution < -0.4 is 14.2 Å². The summed E-state index contributed by atoms with van der Waals surface area (Å²) in [6.45, 7) is 3.91. The molecule has 0 spiro atoms. The van der Waals surface area contributed by atoms with Gasteiger partial charge in [0, 0.05) is 17.5 Å². The van der Waals surface area contributed by atoms with Gasteiger partial charge in [-0.1, -0.05) is 38.5 Å². The Morgan fingerprint density at radius 1 is 1.03 bits per heavy atom. The fraction of sp³-hybridized carbons (Fsp3) is 0.387. The van der Waals surface area contributed by atoms with Crippen LogP contribution in [0.3, 0.4) is 0 Å². The lowest BCUT2D eigenvalue weighted by molar-refractivity contribution is -0.143. The number of hydrogen-bond acceptors (Lipinski definition) is 6. The first-order valence-corrected chi connectivity index (χ1v) is 13.3. The Bertz CT molecular complexity index is 1400. The van der Waals surface area contributed by atoms with Gasteiger partial charge in [0.15, 0.2) is 11.5 Å². The Morgan fingerprint density at radius 3 is 2.51 bits per heavy atom. The third kappa shape index (κ3) is 5.03. The summed E-state index contributed by atoms with van der Waals surface area (Å²) in [6, 6.07) is 15.1. The Kier molecular flexibility index (Phi) is 7.46. The van der Waals surface area contributed by atoms with Crippen molar-refractivity contribution >= 4 is 11.9 Å². The molecular formula is C31H33NO7. The number of aryl methyl sites for hydroxylation is 1. The fourth-order valence-electron chi connectivity index (χ4n) is 5.82. The molecule has 0 amide bonds. The number of unbranched alkanes of at least 4 members (excludes halogenated alkanes) is 1. The van der Waals surface area contributed by atoms with Gasteiger partial charge in [-0.25, -0.2) is 0 Å². The van der Waals surface area contributed by atoms with Crippen molar-refractivity contribution in [3.8, 4) is 17.2 Å². The quantitative estimate of drug-likeness (QED) is 0.357. The van der Waals surface area contributed by atoms with E-state index in [0.717, 1.165) is 52.9 Å². The summed E-state index contributed by atoms with van der Waals surface area (Å²) >= 11 is 0. The standard InChI is InChI=1S/C31H33NO7/c1-4-5-6-20-8-10-23-26(18-7-12-24-25(15-18)39-16-38-24)28(31(35)36)27(29(23)32-20)22-11-9-21(37-3)14-19(22)13-17(2)30(33)34/h7-12,14-15,17,26-28H,4-6,13,16H2,1-3H3,(H,33,34)(H,35,36)/t17?,26-,27+,28-/m1/s1. The second-order valence-electron chi connectivity index (χ2n) is 10.3. The van der Waals surface area contributed by atoms with Crippen LogP contribution in [0.25, 0.3) is 0 Å². The van der Waals surface area contributed by atoms with Crippen LogP contribution in [0.15, 0.2) is 48.5 Å². The number of carbonyl (C=O) groups is 2. The molecule has 0 saturated carbocycles. The van der Waals surface area contributed by atoms with Crippen LogP contribution in [0.4, 0.5) is 0 Å². The highest BCUT2D eigenvalue weighted by atomic mass is 16.7. The van der Waals surface area contributed by atoms with Gasteiger partial charge in [0.05, 0.1) is 24.6 Å². The lowest BCUT2D eigenvalue weighted by atomic mass is 9.78. The second kappa shape index (κ2) is 11.0. The van der Waals surface area contributed by atoms with E-state index in [0.29, 0.717) is 17.2 Å². The second-order valence-corrected chi connectivity index (χ2v) is 10.3. The Balaban J connectivity index is 1.70. The normalized spacial score (nSPS) is 19.9. The van der Waals surface area contributed by atoms with Gasteiger partial charge in [-0.2, -0.15) is 0 Å². The first kappa shape index (κ1) is 26.5. The lowest BCUT2D eigenvalue weighted by Crippen LogP contribution is -2.25. The molecule has 4 atom stereocenters. The zero-order chi connectivity index (χ0) is 27.7. The number of benzene rings is 2. The number of carboxylic acid groups (broad SMARTS) is 2. The third-order valence-corrected chi connectivity index (χ3v) is 7.82. The van der Waals surface area contributed by atoms with Gasteiger partial charge in [0.1, 0.15) is 5.75 Å². The third-order valence-electron chi connectivity index (χ3n) is 7.82. The molecular weight excluding hydrogens is 498 g/mol. The summed E-state index contributed by atoms with van der Waals surface area (Å²) in [5.41, 5.74) is 4.84. The summed E-state index contributed by atoms with van der Waals surface area (Å²) in [4.78, 5) is 29.9. The molecule has 1 aromatic heterocycles. The molecule has 0 radical (unpaired) electrons. The molecule has 0 saturated heterocycles. The predicted molar refractivity (Wildman–Crippen MR) is 144 cm³/mol. The first-order chi connectivity index (χ1) is 18.8. The van der Waals surface area contributed by atoms with Crippen LogP contribution in [0.2, 0.25) is 0 Å². The summed E-state index contributed by atoms with van der Waals surface area (Å²) in [7, 11) is 1.56. The van der Waals surface area contributed by atoms with E-state index in [1.807, 2.05) is 42.5 Å². The molecule has 8 nitrogen and oxygen atoms in total. The summed E-state index contributed by atoms with van der Waals surface area (Å²) in [5.74, 6) is -2.60. The number of methoxy groups -OCH3 is 1. The van der Waals surface area contributed by atoms with Crippen molar-refractivity contribution in [1.29, 1.82) is 0 Å². The molecule has 2 aromatic carbocycles. The molecule has 8 heteroatoms. The van der Waals surface area contributed by atoms with E-state index in [2.05, 4.69) is 6.92 Å². The van der Waals surface area contributed by atoms with E-state index in [4.69, 9.17) is 19.2 Å². The van der Waals surface area contributed by atoms with Crippen LogP contribution in [0, 0.1) is 11.8 Å². The van der Waals surface area contributed by atoms with E-state index in [1.165, 1.54) is 0 Å². The SMILES string of the molecule is CCCCc1ccc2c(n1)[C@@H](c1ccc(OC)cc1CC(C)C(=O)O)[C@H](C(=O)O)[C@@H]2c1ccc2c(c1)OCO2. The molecule has 2 aliphatic rings. The number of ether oxygens (including phenoxy) is 3. The largest absolute Gasteiger partial charge is 0.497 e. The maximum Gasteiger partial charge on any atom is 0.308 e. The molecule has 204 valence electrons. The molecule has 3 aromatic rings. The minimum absolute atomic E-state index is 0.129. The zero-order valence-corrected chi connectivity index (χ0v) is 22.3. The summed E-state index contributed by atoms with van der Waals surface area (Å²) in [5, 5.41) is 20.4. The Labute approximate surface area is 227 Å². The van der Waals surface area contributed by atoms with Crippen LogP contribution >= 0.6 is 0 Å². The molecule has 0 fully saturated rings. The molecule has 1 unspecified atom stereocenters. The van der Waals surface area contributed by atoms with Crippen molar-refractivity contribution in [3.63, 3.8) is 0 Å². The summed E-state index contributed by atoms with van der Waals surface area (Å²) in [6.07, 6.45) is 3.04. The van der Waals surface area contributed by atoms with Gasteiger partial charge >= 0.3 is 11.9 Å². The minimum Gasteiger partial charge on any atom is -0.497 e. The fourth-order valence-corrected chi connectivity index (χ4v) is 5.82. The van der Waals surface area contributed by atoms with Crippen molar-refractivity contribution in [2.45, 2.75) is 51.4 Å². The highest BCUT2D eigenvalue weighted by molar-refractivity contribution is 5.78. The molecule has 5 rings (SSSR count). The van der Waals surface area contributed by atoms with Crippen LogP contribution in [0.5, 0.6) is 17.2 Å². The van der Waals surface area contributed by atoms with Gasteiger partial charge in [-0.15, -0.1) is 0 Å². The maximum atomic E-state index is 13.1. The first-order valence-electron chi connectivity index (χ1n) is 13.3. The van der Waals surface area contributed by atoms with Crippen LogP contribution in [-0.4, -0.2) is 41.0 Å². The predicted octanol–water partition coefficient (Wildman–Crippen LogP) is 5.40. The lowest BCUT2D eigenvalue weighted by Gasteiger charge is -2.25. The highest BCUT2D eigenvalue weighted by Gasteiger charge is 2.48. The number of nitrogens with zero attached hydrogens (tertiary/aromatic N) is 1. The Hall–Kier alpha value is -4.07. The van der Waals surface area contributed by atoms with Gasteiger partial charge in [-0.05, 0) is 71.8 Å². The van der Waals surface area contributed by atoms with Crippen molar-refractivity contribution in [3.05, 3.63) is 82.2 Å². The number of aliphatic carboxylic acids is 2. The minimum atomic E-state index is -0.941. The number of hydrogen-bond donors (Lipinski definition) is 2. The van der Waals surface area contributed by atoms with E-state index in [1.54, 1.807) is 20.1 Å². The smallest absolute Gasteiger partial charge is 0.308 e. The van der Waals surface area contributed by atoms with E-state index >= 15 is 0 Å². The average molecular weight is 532 g/mol. The van der Waals surface area contributed by atoms with Crippen molar-refractivity contribution < 1.29 is 34.0 Å². The van der Waals surface area contributed by atoms with Crippen LogP contribution in [0.1, 0.15) is 72.2 Å². The zero-order valence-electron chi connectivity index (χ0n) is 22.3. The van der Waals surface area contributed by atoms with Crippen LogP contribution in [-0.2, 0) is 22.4 Å². The van der Waals surface area contributed by atoms with E-state index < -0.39 is 35.6 Å². The molecule has 1 aliphatic heterocycles. The number of fused-ring (bicyclic) bond motifs is 2. The van der Waals surface area contributed by atoms with Gasteiger partial charge < -0.3 is 24.4 Å². The molecule has 2 heterocycles. The highest BCUT2D eigenvalue weighted by Crippen LogP contribution is 2.54. The van der Waals surface area contributed by atoms with Crippen molar-refractivity contribution in [2.75, 3.05) is 13.9 Å². The van der Waals surface area contributed by atoms with Gasteiger partial charge in [0.25, 0.3) is 0 Å². The number of pyridine rings is 1. The van der Waals surface area contributed by atoms with E-state index in [9.17, 15) is 19.8 Å². The number of rotatable bonds is 10. The molecule has 2 N–H and O–H groups in total. The van der Waals surface area contributed by atoms with Crippen molar-refractivity contribution in [2.24, 2.45) is 11.8 Å². The topological polar surface area (TPSA) is 115 Å². The van der Waals surface area contributed by atoms with E-state index in [-0.39, 0.29) is 13.2 Å². The van der Waals surface area contributed by atoms with Gasteiger partial charge in [-0.3, -0.25) is 14.6 Å². The molecule has 0 bridgehead atoms. The maximum absolute atomic E-state index is 13.1. The monoisotopic (exact) mass is 531 g/mol. The summed E-state index contributed by atoms with van der Waals surface area (Å²) < 4.78 is 16.5. The number of aromatic nitrogens is 1. The molecule has 39 heavy (non-hydrogen) atoms. The average Bonchev–Trinajstić information content (AvgIpc) is 3.53. The van der Waals surface area contributed by atoms with Gasteiger partial charge in [0.2, 0.25) is 6.79 Å². The Morgan fingerprint density at radius 2 is 1.79 bits per heavy atom. The molecule has 1 aliphatic carbocycles. The van der Waals surface area contributed by atoms with Crippen molar-refractivity contribution in [1.82, 2.24) is 4.98 Å². The number of carboxylic acids is 2.